The third-order valence-electron chi connectivity index (χ3n) is 5.02. The predicted molar refractivity (Wildman–Crippen MR) is 125 cm³/mol. The van der Waals surface area contributed by atoms with Gasteiger partial charge in [-0.15, -0.1) is 0 Å². The first-order valence-electron chi connectivity index (χ1n) is 9.26. The number of carbonyl (C=O) groups excluding carboxylic acids is 2. The van der Waals surface area contributed by atoms with Gasteiger partial charge in [0.2, 0.25) is 0 Å². The van der Waals surface area contributed by atoms with Gasteiger partial charge in [-0.05, 0) is 73.2 Å². The average molecular weight is 498 g/mol. The van der Waals surface area contributed by atoms with Crippen LogP contribution in [0.4, 0.5) is 5.69 Å². The number of aliphatic carboxylic acids is 1. The van der Waals surface area contributed by atoms with Crippen molar-refractivity contribution in [1.29, 1.82) is 0 Å². The summed E-state index contributed by atoms with van der Waals surface area (Å²) < 4.78 is 2.50. The Kier molecular flexibility index (Phi) is 5.47. The van der Waals surface area contributed by atoms with Crippen LogP contribution in [0.1, 0.15) is 18.5 Å². The van der Waals surface area contributed by atoms with Gasteiger partial charge < -0.3 is 9.67 Å². The summed E-state index contributed by atoms with van der Waals surface area (Å²) in [6.45, 7) is 1.60. The molecule has 1 aromatic heterocycles. The molecule has 0 saturated carbocycles. The van der Waals surface area contributed by atoms with Crippen LogP contribution in [0, 0.1) is 0 Å². The van der Waals surface area contributed by atoms with E-state index in [2.05, 4.69) is 21.2 Å². The van der Waals surface area contributed by atoms with E-state index < -0.39 is 23.8 Å². The smallest absolute Gasteiger partial charge is 0.326 e. The number of anilines is 1. The van der Waals surface area contributed by atoms with E-state index in [1.807, 2.05) is 0 Å². The Balaban J connectivity index is 1.71. The summed E-state index contributed by atoms with van der Waals surface area (Å²) in [5, 5.41) is 12.6. The first kappa shape index (κ1) is 21.0. The lowest BCUT2D eigenvalue weighted by atomic mass is 10.1. The van der Waals surface area contributed by atoms with Gasteiger partial charge in [0.15, 0.2) is 5.11 Å². The molecule has 2 aromatic carbocycles. The minimum atomic E-state index is -0.933. The van der Waals surface area contributed by atoms with Crippen molar-refractivity contribution in [3.05, 3.63) is 70.3 Å². The Morgan fingerprint density at radius 1 is 1.16 bits per heavy atom. The summed E-state index contributed by atoms with van der Waals surface area (Å²) >= 11 is 8.56. The summed E-state index contributed by atoms with van der Waals surface area (Å²) in [7, 11) is 0. The van der Waals surface area contributed by atoms with Gasteiger partial charge in [-0.1, -0.05) is 22.0 Å². The van der Waals surface area contributed by atoms with Crippen molar-refractivity contribution in [2.45, 2.75) is 13.0 Å². The molecule has 4 rings (SSSR count). The first-order valence-corrected chi connectivity index (χ1v) is 10.5. The third kappa shape index (κ3) is 3.89. The summed E-state index contributed by atoms with van der Waals surface area (Å²) in [4.78, 5) is 38.2. The topological polar surface area (TPSA) is 91.6 Å². The molecule has 1 aliphatic heterocycles. The van der Waals surface area contributed by atoms with Crippen molar-refractivity contribution >= 4 is 73.7 Å². The van der Waals surface area contributed by atoms with Crippen molar-refractivity contribution in [3.8, 4) is 0 Å². The van der Waals surface area contributed by atoms with E-state index in [0.29, 0.717) is 11.3 Å². The Morgan fingerprint density at radius 3 is 2.55 bits per heavy atom. The highest BCUT2D eigenvalue weighted by molar-refractivity contribution is 9.10. The predicted octanol–water partition coefficient (Wildman–Crippen LogP) is 3.88. The zero-order valence-electron chi connectivity index (χ0n) is 16.2. The van der Waals surface area contributed by atoms with E-state index in [1.165, 1.54) is 11.0 Å². The van der Waals surface area contributed by atoms with Crippen LogP contribution in [0.3, 0.4) is 0 Å². The maximum absolute atomic E-state index is 13.1. The van der Waals surface area contributed by atoms with Crippen LogP contribution in [0.2, 0.25) is 0 Å². The summed E-state index contributed by atoms with van der Waals surface area (Å²) in [6.07, 6.45) is 3.20. The van der Waals surface area contributed by atoms with E-state index in [-0.39, 0.29) is 10.7 Å². The fourth-order valence-corrected chi connectivity index (χ4v) is 3.92. The molecule has 2 amide bonds. The van der Waals surface area contributed by atoms with Crippen LogP contribution in [-0.4, -0.2) is 32.6 Å². The number of halogens is 1. The van der Waals surface area contributed by atoms with E-state index in [0.717, 1.165) is 15.4 Å². The third-order valence-corrected chi connectivity index (χ3v) is 5.83. The van der Waals surface area contributed by atoms with Crippen LogP contribution in [0.5, 0.6) is 0 Å². The largest absolute Gasteiger partial charge is 0.480 e. The van der Waals surface area contributed by atoms with Gasteiger partial charge in [-0.3, -0.25) is 19.8 Å². The molecule has 1 aliphatic rings. The molecule has 0 aliphatic carbocycles. The summed E-state index contributed by atoms with van der Waals surface area (Å²) in [5.74, 6) is -2.02. The Labute approximate surface area is 191 Å². The molecule has 1 saturated heterocycles. The standard InChI is InChI=1S/C22H16BrN3O4S/c1-12(21(29)30)25-9-8-14-10-13(2-7-18(14)25)11-17-19(27)24-22(31)26(20(17)28)16-5-3-15(23)4-6-16/h2-12H,1H3,(H,29,30)(H,24,27,31)/b17-11+/t12-/m1/s1. The number of benzene rings is 2. The van der Waals surface area contributed by atoms with Crippen molar-refractivity contribution in [1.82, 2.24) is 9.88 Å². The van der Waals surface area contributed by atoms with Gasteiger partial charge in [-0.2, -0.15) is 0 Å². The Hall–Kier alpha value is -3.30. The maximum Gasteiger partial charge on any atom is 0.326 e. The molecule has 0 radical (unpaired) electrons. The van der Waals surface area contributed by atoms with Crippen molar-refractivity contribution in [2.24, 2.45) is 0 Å². The molecular weight excluding hydrogens is 482 g/mol. The number of aromatic nitrogens is 1. The molecule has 2 heterocycles. The van der Waals surface area contributed by atoms with E-state index in [4.69, 9.17) is 12.2 Å². The van der Waals surface area contributed by atoms with Crippen LogP contribution in [-0.2, 0) is 14.4 Å². The monoisotopic (exact) mass is 497 g/mol. The van der Waals surface area contributed by atoms with Gasteiger partial charge in [0, 0.05) is 21.6 Å². The van der Waals surface area contributed by atoms with Crippen molar-refractivity contribution in [2.75, 3.05) is 4.90 Å². The number of carboxylic acids is 1. The lowest BCUT2D eigenvalue weighted by Crippen LogP contribution is -2.54. The van der Waals surface area contributed by atoms with Gasteiger partial charge in [0.25, 0.3) is 11.8 Å². The SMILES string of the molecule is C[C@H](C(=O)O)n1ccc2cc(/C=C3\C(=O)NC(=S)N(c4ccc(Br)cc4)C3=O)ccc21. The van der Waals surface area contributed by atoms with Gasteiger partial charge in [-0.25, -0.2) is 4.79 Å². The molecule has 1 fully saturated rings. The highest BCUT2D eigenvalue weighted by Crippen LogP contribution is 2.26. The molecule has 31 heavy (non-hydrogen) atoms. The number of fused-ring (bicyclic) bond motifs is 1. The fourth-order valence-electron chi connectivity index (χ4n) is 3.38. The highest BCUT2D eigenvalue weighted by atomic mass is 79.9. The molecule has 0 unspecified atom stereocenters. The second-order valence-electron chi connectivity index (χ2n) is 6.99. The molecule has 2 N–H and O–H groups in total. The van der Waals surface area contributed by atoms with Crippen molar-refractivity contribution < 1.29 is 19.5 Å². The van der Waals surface area contributed by atoms with Crippen LogP contribution in [0.25, 0.3) is 17.0 Å². The normalized spacial score (nSPS) is 16.6. The number of carbonyl (C=O) groups is 3. The molecule has 0 spiro atoms. The minimum Gasteiger partial charge on any atom is -0.480 e. The summed E-state index contributed by atoms with van der Waals surface area (Å²) in [6, 6.07) is 13.4. The lowest BCUT2D eigenvalue weighted by molar-refractivity contribution is -0.140. The van der Waals surface area contributed by atoms with Crippen molar-refractivity contribution in [3.63, 3.8) is 0 Å². The number of hydrogen-bond donors (Lipinski definition) is 2. The summed E-state index contributed by atoms with van der Waals surface area (Å²) in [5.41, 5.74) is 1.87. The zero-order valence-corrected chi connectivity index (χ0v) is 18.6. The van der Waals surface area contributed by atoms with E-state index in [9.17, 15) is 19.5 Å². The van der Waals surface area contributed by atoms with Crippen LogP contribution in [0.15, 0.2) is 64.8 Å². The number of rotatable bonds is 4. The second-order valence-corrected chi connectivity index (χ2v) is 8.29. The van der Waals surface area contributed by atoms with Gasteiger partial charge in [0.05, 0.1) is 5.69 Å². The van der Waals surface area contributed by atoms with Crippen LogP contribution < -0.4 is 10.2 Å². The minimum absolute atomic E-state index is 0.0182. The number of amides is 2. The van der Waals surface area contributed by atoms with Gasteiger partial charge in [0.1, 0.15) is 11.6 Å². The lowest BCUT2D eigenvalue weighted by Gasteiger charge is -2.29. The van der Waals surface area contributed by atoms with Crippen LogP contribution >= 0.6 is 28.1 Å². The molecule has 3 aromatic rings. The van der Waals surface area contributed by atoms with E-state index >= 15 is 0 Å². The average Bonchev–Trinajstić information content (AvgIpc) is 3.15. The Bertz CT molecular complexity index is 1280. The number of nitrogens with zero attached hydrogens (tertiary/aromatic N) is 2. The number of carboxylic acid groups (broad SMARTS) is 1. The molecule has 1 atom stereocenters. The Morgan fingerprint density at radius 2 is 1.87 bits per heavy atom. The maximum atomic E-state index is 13.1. The fraction of sp³-hybridized carbons (Fsp3) is 0.0909. The first-order chi connectivity index (χ1) is 14.8. The highest BCUT2D eigenvalue weighted by Gasteiger charge is 2.34. The molecular formula is C22H16BrN3O4S. The van der Waals surface area contributed by atoms with Gasteiger partial charge >= 0.3 is 5.97 Å². The molecule has 156 valence electrons. The van der Waals surface area contributed by atoms with E-state index in [1.54, 1.807) is 66.2 Å². The number of hydrogen-bond acceptors (Lipinski definition) is 4. The zero-order chi connectivity index (χ0) is 22.3. The second kappa shape index (κ2) is 8.09. The number of nitrogens with one attached hydrogen (secondary N) is 1. The molecule has 9 heteroatoms. The molecule has 7 nitrogen and oxygen atoms in total. The quantitative estimate of drug-likeness (QED) is 0.324. The molecule has 0 bridgehead atoms. The number of thiocarbonyl (C=S) groups is 1.